The minimum atomic E-state index is -0.935. The second kappa shape index (κ2) is 1.95. The molecule has 1 fully saturated rings. The molecule has 0 aromatic carbocycles. The monoisotopic (exact) mass is 144 g/mol. The van der Waals surface area contributed by atoms with E-state index in [9.17, 15) is 4.79 Å². The predicted molar refractivity (Wildman–Crippen MR) is 35.3 cm³/mol. The van der Waals surface area contributed by atoms with Crippen molar-refractivity contribution in [3.8, 4) is 0 Å². The third-order valence-corrected chi connectivity index (χ3v) is 2.18. The van der Waals surface area contributed by atoms with Crippen molar-refractivity contribution in [1.29, 1.82) is 0 Å². The Morgan fingerprint density at radius 3 is 2.20 bits per heavy atom. The highest BCUT2D eigenvalue weighted by Gasteiger charge is 2.46. The zero-order chi connectivity index (χ0) is 7.94. The number of aliphatic hydroxyl groups is 1. The first-order valence-electron chi connectivity index (χ1n) is 3.36. The Morgan fingerprint density at radius 1 is 1.60 bits per heavy atom. The van der Waals surface area contributed by atoms with Crippen molar-refractivity contribution in [2.24, 2.45) is 5.92 Å². The van der Waals surface area contributed by atoms with Gasteiger partial charge >= 0.3 is 5.97 Å². The van der Waals surface area contributed by atoms with Crippen LogP contribution in [0.1, 0.15) is 20.8 Å². The van der Waals surface area contributed by atoms with E-state index in [0.29, 0.717) is 0 Å². The second-order valence-corrected chi connectivity index (χ2v) is 3.26. The first-order chi connectivity index (χ1) is 4.45. The van der Waals surface area contributed by atoms with Gasteiger partial charge in [0.2, 0.25) is 0 Å². The minimum absolute atomic E-state index is 0.111. The zero-order valence-electron chi connectivity index (χ0n) is 6.42. The van der Waals surface area contributed by atoms with Crippen LogP contribution in [0.25, 0.3) is 0 Å². The summed E-state index contributed by atoms with van der Waals surface area (Å²) >= 11 is 0. The van der Waals surface area contributed by atoms with Gasteiger partial charge in [-0.1, -0.05) is 6.92 Å². The van der Waals surface area contributed by atoms with Gasteiger partial charge in [-0.05, 0) is 13.8 Å². The van der Waals surface area contributed by atoms with Gasteiger partial charge in [0, 0.05) is 5.92 Å². The molecule has 0 unspecified atom stereocenters. The number of rotatable bonds is 0. The van der Waals surface area contributed by atoms with Gasteiger partial charge < -0.3 is 9.84 Å². The van der Waals surface area contributed by atoms with E-state index >= 15 is 0 Å². The summed E-state index contributed by atoms with van der Waals surface area (Å²) in [4.78, 5) is 10.7. The molecule has 1 heterocycles. The van der Waals surface area contributed by atoms with Crippen molar-refractivity contribution >= 4 is 5.97 Å². The maximum atomic E-state index is 10.7. The summed E-state index contributed by atoms with van der Waals surface area (Å²) in [5.74, 6) is -0.613. The fourth-order valence-electron chi connectivity index (χ4n) is 0.997. The van der Waals surface area contributed by atoms with Gasteiger partial charge in [-0.15, -0.1) is 0 Å². The SMILES string of the molecule is C[C@@H]1[C@H](O)C(=O)OC1(C)C. The molecule has 1 rings (SSSR count). The molecule has 1 N–H and O–H groups in total. The third-order valence-electron chi connectivity index (χ3n) is 2.18. The molecule has 1 aliphatic heterocycles. The van der Waals surface area contributed by atoms with Crippen molar-refractivity contribution in [2.75, 3.05) is 0 Å². The second-order valence-electron chi connectivity index (χ2n) is 3.26. The topological polar surface area (TPSA) is 46.5 Å². The van der Waals surface area contributed by atoms with E-state index in [1.165, 1.54) is 0 Å². The van der Waals surface area contributed by atoms with Gasteiger partial charge in [-0.2, -0.15) is 0 Å². The molecule has 3 heteroatoms. The van der Waals surface area contributed by atoms with Gasteiger partial charge in [-0.3, -0.25) is 0 Å². The highest BCUT2D eigenvalue weighted by molar-refractivity contribution is 5.77. The summed E-state index contributed by atoms with van der Waals surface area (Å²) in [6, 6.07) is 0. The highest BCUT2D eigenvalue weighted by Crippen LogP contribution is 2.31. The lowest BCUT2D eigenvalue weighted by molar-refractivity contribution is -0.151. The molecule has 0 aliphatic carbocycles. The van der Waals surface area contributed by atoms with Crippen LogP contribution in [-0.4, -0.2) is 22.8 Å². The van der Waals surface area contributed by atoms with E-state index in [2.05, 4.69) is 0 Å². The van der Waals surface area contributed by atoms with Crippen LogP contribution in [-0.2, 0) is 9.53 Å². The van der Waals surface area contributed by atoms with E-state index in [0.717, 1.165) is 0 Å². The van der Waals surface area contributed by atoms with E-state index in [1.807, 2.05) is 0 Å². The quantitative estimate of drug-likeness (QED) is 0.498. The van der Waals surface area contributed by atoms with Gasteiger partial charge in [0.1, 0.15) is 5.60 Å². The Morgan fingerprint density at radius 2 is 2.10 bits per heavy atom. The van der Waals surface area contributed by atoms with Gasteiger partial charge in [0.15, 0.2) is 6.10 Å². The van der Waals surface area contributed by atoms with Crippen molar-refractivity contribution in [1.82, 2.24) is 0 Å². The normalized spacial score (nSPS) is 37.8. The molecule has 0 amide bonds. The average Bonchev–Trinajstić information content (AvgIpc) is 1.95. The lowest BCUT2D eigenvalue weighted by atomic mass is 9.91. The van der Waals surface area contributed by atoms with Crippen LogP contribution in [0.15, 0.2) is 0 Å². The summed E-state index contributed by atoms with van der Waals surface area (Å²) in [7, 11) is 0. The van der Waals surface area contributed by atoms with Crippen molar-refractivity contribution in [2.45, 2.75) is 32.5 Å². The maximum absolute atomic E-state index is 10.7. The van der Waals surface area contributed by atoms with Crippen LogP contribution in [0, 0.1) is 5.92 Å². The van der Waals surface area contributed by atoms with Crippen LogP contribution in [0.4, 0.5) is 0 Å². The molecule has 1 saturated heterocycles. The first kappa shape index (κ1) is 7.54. The average molecular weight is 144 g/mol. The molecule has 0 radical (unpaired) electrons. The van der Waals surface area contributed by atoms with Crippen molar-refractivity contribution < 1.29 is 14.6 Å². The van der Waals surface area contributed by atoms with Crippen LogP contribution in [0.3, 0.4) is 0 Å². The van der Waals surface area contributed by atoms with Gasteiger partial charge in [0.25, 0.3) is 0 Å². The highest BCUT2D eigenvalue weighted by atomic mass is 16.6. The van der Waals surface area contributed by atoms with Crippen LogP contribution in [0.2, 0.25) is 0 Å². The zero-order valence-corrected chi connectivity index (χ0v) is 6.42. The summed E-state index contributed by atoms with van der Waals surface area (Å²) in [6.07, 6.45) is -0.935. The Hall–Kier alpha value is -0.570. The lowest BCUT2D eigenvalue weighted by Crippen LogP contribution is -2.29. The number of aliphatic hydroxyl groups excluding tert-OH is 1. The number of hydrogen-bond acceptors (Lipinski definition) is 3. The van der Waals surface area contributed by atoms with Crippen LogP contribution in [0.5, 0.6) is 0 Å². The van der Waals surface area contributed by atoms with Crippen LogP contribution >= 0.6 is 0 Å². The largest absolute Gasteiger partial charge is 0.457 e. The van der Waals surface area contributed by atoms with E-state index < -0.39 is 17.7 Å². The molecule has 10 heavy (non-hydrogen) atoms. The number of carbonyl (C=O) groups excluding carboxylic acids is 1. The molecular formula is C7H12O3. The first-order valence-corrected chi connectivity index (χ1v) is 3.36. The fraction of sp³-hybridized carbons (Fsp3) is 0.857. The molecule has 0 aromatic heterocycles. The summed E-state index contributed by atoms with van der Waals surface area (Å²) in [5, 5.41) is 9.13. The number of ether oxygens (including phenoxy) is 1. The van der Waals surface area contributed by atoms with Gasteiger partial charge in [0.05, 0.1) is 0 Å². The molecule has 58 valence electrons. The molecular weight excluding hydrogens is 132 g/mol. The summed E-state index contributed by atoms with van der Waals surface area (Å²) < 4.78 is 4.88. The Balaban J connectivity index is 2.81. The molecule has 0 spiro atoms. The molecule has 3 nitrogen and oxygen atoms in total. The number of esters is 1. The number of cyclic esters (lactones) is 1. The summed E-state index contributed by atoms with van der Waals surface area (Å²) in [5.41, 5.74) is -0.503. The molecule has 0 bridgehead atoms. The van der Waals surface area contributed by atoms with Crippen molar-refractivity contribution in [3.05, 3.63) is 0 Å². The maximum Gasteiger partial charge on any atom is 0.335 e. The minimum Gasteiger partial charge on any atom is -0.457 e. The smallest absolute Gasteiger partial charge is 0.335 e. The third kappa shape index (κ3) is 0.904. The van der Waals surface area contributed by atoms with E-state index in [-0.39, 0.29) is 5.92 Å². The molecule has 1 aliphatic rings. The molecule has 0 saturated carbocycles. The van der Waals surface area contributed by atoms with Crippen molar-refractivity contribution in [3.63, 3.8) is 0 Å². The summed E-state index contributed by atoms with van der Waals surface area (Å²) in [6.45, 7) is 5.40. The van der Waals surface area contributed by atoms with Gasteiger partial charge in [-0.25, -0.2) is 4.79 Å². The lowest BCUT2D eigenvalue weighted by Gasteiger charge is -2.21. The predicted octanol–water partition coefficient (Wildman–Crippen LogP) is 0.319. The number of carbonyl (C=O) groups is 1. The van der Waals surface area contributed by atoms with Crippen LogP contribution < -0.4 is 0 Å². The fourth-order valence-corrected chi connectivity index (χ4v) is 0.997. The molecule has 0 aromatic rings. The van der Waals surface area contributed by atoms with E-state index in [4.69, 9.17) is 9.84 Å². The Labute approximate surface area is 60.0 Å². The van der Waals surface area contributed by atoms with E-state index in [1.54, 1.807) is 20.8 Å². The standard InChI is InChI=1S/C7H12O3/c1-4-5(8)6(9)10-7(4,2)3/h4-5,8H,1-3H3/t4-,5+/m1/s1. The Bertz CT molecular complexity index is 162. The Kier molecular flexibility index (Phi) is 1.47. The number of hydrogen-bond donors (Lipinski definition) is 1. The molecule has 2 atom stereocenters.